The fourth-order valence-electron chi connectivity index (χ4n) is 4.84. The van der Waals surface area contributed by atoms with Crippen molar-refractivity contribution in [1.82, 2.24) is 9.38 Å². The zero-order valence-corrected chi connectivity index (χ0v) is 21.2. The van der Waals surface area contributed by atoms with Gasteiger partial charge in [-0.2, -0.15) is 9.28 Å². The van der Waals surface area contributed by atoms with Crippen LogP contribution in [0.1, 0.15) is 59.9 Å². The number of nitrogens with zero attached hydrogens (tertiary/aromatic N) is 2. The second kappa shape index (κ2) is 9.29. The number of hydrogen-bond donors (Lipinski definition) is 4. The van der Waals surface area contributed by atoms with E-state index in [0.29, 0.717) is 42.9 Å². The Balaban J connectivity index is 1.76. The maximum atomic E-state index is 12.9. The van der Waals surface area contributed by atoms with E-state index < -0.39 is 28.8 Å². The molecule has 0 spiro atoms. The quantitative estimate of drug-likeness (QED) is 0.378. The van der Waals surface area contributed by atoms with Crippen molar-refractivity contribution >= 4 is 42.7 Å². The molecule has 3 amide bonds. The van der Waals surface area contributed by atoms with Crippen LogP contribution in [0.5, 0.6) is 0 Å². The van der Waals surface area contributed by atoms with Gasteiger partial charge in [0.1, 0.15) is 11.1 Å². The van der Waals surface area contributed by atoms with Gasteiger partial charge in [-0.25, -0.2) is 4.79 Å². The summed E-state index contributed by atoms with van der Waals surface area (Å²) >= 11 is 0. The van der Waals surface area contributed by atoms with Crippen LogP contribution < -0.4 is 9.80 Å². The molecule has 1 unspecified atom stereocenters. The number of carbonyl (C=O) groups is 3. The van der Waals surface area contributed by atoms with Crippen molar-refractivity contribution < 1.29 is 34.3 Å². The number of likely N-dealkylation sites (tertiary alicyclic amines) is 1. The Labute approximate surface area is 205 Å². The second-order valence-corrected chi connectivity index (χ2v) is 11.1. The summed E-state index contributed by atoms with van der Waals surface area (Å²) in [5.74, 6) is -0.469. The zero-order valence-electron chi connectivity index (χ0n) is 21.2. The molecule has 1 aromatic rings. The minimum atomic E-state index is -1.97. The summed E-state index contributed by atoms with van der Waals surface area (Å²) < 4.78 is 4.64. The number of hydrogen-bond acceptors (Lipinski definition) is 6. The molecule has 0 bridgehead atoms. The number of anilines is 1. The number of benzene rings is 1. The lowest BCUT2D eigenvalue weighted by Crippen LogP contribution is -2.65. The standard InChI is InChI=1S/C24H34BN3O7/c1-23(2,3)28(22(31)32)18-8-7-17(13-16(18)14-19(28)25(33)34)26-20(29)15-9-11-27(12-10-15)21(30)35-24(4,5)6/h7-8,13-15,33-34H,9-12H2,1-6H3,(H-,26,29,31,32)/p+1. The van der Waals surface area contributed by atoms with Crippen LogP contribution in [0.3, 0.4) is 0 Å². The van der Waals surface area contributed by atoms with E-state index >= 15 is 0 Å². The number of nitrogens with one attached hydrogen (secondary N) is 1. The molecule has 1 saturated heterocycles. The van der Waals surface area contributed by atoms with Gasteiger partial charge in [-0.3, -0.25) is 4.79 Å². The highest BCUT2D eigenvalue weighted by Crippen LogP contribution is 2.47. The van der Waals surface area contributed by atoms with Crippen molar-refractivity contribution in [2.75, 3.05) is 18.4 Å². The first kappa shape index (κ1) is 26.7. The molecule has 4 N–H and O–H groups in total. The van der Waals surface area contributed by atoms with E-state index in [1.54, 1.807) is 43.9 Å². The number of fused-ring (bicyclic) bond motifs is 1. The summed E-state index contributed by atoms with van der Waals surface area (Å²) in [6.45, 7) is 11.4. The predicted molar refractivity (Wildman–Crippen MR) is 133 cm³/mol. The normalized spacial score (nSPS) is 20.7. The molecule has 3 rings (SSSR count). The van der Waals surface area contributed by atoms with Gasteiger partial charge < -0.3 is 30.1 Å². The van der Waals surface area contributed by atoms with E-state index in [0.717, 1.165) is 0 Å². The third kappa shape index (κ3) is 5.07. The second-order valence-electron chi connectivity index (χ2n) is 11.1. The number of rotatable bonds is 3. The maximum Gasteiger partial charge on any atom is 0.549 e. The van der Waals surface area contributed by atoms with Crippen LogP contribution in [0.2, 0.25) is 0 Å². The van der Waals surface area contributed by atoms with Crippen molar-refractivity contribution in [1.29, 1.82) is 0 Å². The van der Waals surface area contributed by atoms with E-state index in [1.165, 1.54) is 6.08 Å². The Morgan fingerprint density at radius 2 is 1.69 bits per heavy atom. The van der Waals surface area contributed by atoms with Crippen LogP contribution in [0.25, 0.3) is 6.08 Å². The topological polar surface area (TPSA) is 136 Å². The third-order valence-electron chi connectivity index (χ3n) is 6.42. The maximum absolute atomic E-state index is 12.9. The summed E-state index contributed by atoms with van der Waals surface area (Å²) in [5, 5.41) is 33.0. The molecule has 0 aromatic heterocycles. The lowest BCUT2D eigenvalue weighted by atomic mass is 9.81. The molecule has 2 aliphatic heterocycles. The molecule has 10 nitrogen and oxygen atoms in total. The lowest BCUT2D eigenvalue weighted by molar-refractivity contribution is -0.121. The molecule has 0 saturated carbocycles. The SMILES string of the molecule is CC(C)(C)OC(=O)N1CCC(C(=O)Nc2ccc3c(c2)C=C(B(O)O)[N+]3(C(=O)O)C(C)(C)C)CC1. The van der Waals surface area contributed by atoms with Crippen molar-refractivity contribution in [2.45, 2.75) is 65.5 Å². The van der Waals surface area contributed by atoms with Gasteiger partial charge in [0, 0.05) is 42.4 Å². The minimum absolute atomic E-state index is 0.0713. The Bertz CT molecular complexity index is 1050. The summed E-state index contributed by atoms with van der Waals surface area (Å²) in [6.07, 6.45) is 0.834. The van der Waals surface area contributed by atoms with Gasteiger partial charge in [0.25, 0.3) is 0 Å². The molecule has 1 atom stereocenters. The first-order valence-corrected chi connectivity index (χ1v) is 11.7. The van der Waals surface area contributed by atoms with E-state index in [2.05, 4.69) is 5.32 Å². The highest BCUT2D eigenvalue weighted by Gasteiger charge is 2.60. The van der Waals surface area contributed by atoms with Gasteiger partial charge >= 0.3 is 19.3 Å². The smallest absolute Gasteiger partial charge is 0.444 e. The third-order valence-corrected chi connectivity index (χ3v) is 6.42. The predicted octanol–water partition coefficient (Wildman–Crippen LogP) is 3.42. The van der Waals surface area contributed by atoms with Crippen LogP contribution in [0.4, 0.5) is 21.0 Å². The Kier molecular flexibility index (Phi) is 7.09. The van der Waals surface area contributed by atoms with E-state index in [-0.39, 0.29) is 23.5 Å². The Hall–Kier alpha value is -2.89. The minimum Gasteiger partial charge on any atom is -0.444 e. The number of amides is 3. The average molecular weight is 488 g/mol. The van der Waals surface area contributed by atoms with Crippen molar-refractivity contribution in [3.63, 3.8) is 0 Å². The first-order valence-electron chi connectivity index (χ1n) is 11.7. The molecule has 190 valence electrons. The van der Waals surface area contributed by atoms with Crippen LogP contribution in [0, 0.1) is 5.92 Å². The van der Waals surface area contributed by atoms with Gasteiger partial charge in [-0.15, -0.1) is 0 Å². The van der Waals surface area contributed by atoms with Crippen LogP contribution >= 0.6 is 0 Å². The number of quaternary nitrogens is 1. The fraction of sp³-hybridized carbons (Fsp3) is 0.542. The summed E-state index contributed by atoms with van der Waals surface area (Å²) in [7, 11) is -1.97. The number of carboxylic acid groups (broad SMARTS) is 1. The van der Waals surface area contributed by atoms with Crippen molar-refractivity contribution in [3.8, 4) is 0 Å². The van der Waals surface area contributed by atoms with E-state index in [1.807, 2.05) is 20.8 Å². The van der Waals surface area contributed by atoms with E-state index in [9.17, 15) is 29.5 Å². The Morgan fingerprint density at radius 3 is 2.17 bits per heavy atom. The molecule has 2 aliphatic rings. The van der Waals surface area contributed by atoms with Gasteiger partial charge in [-0.05, 0) is 66.5 Å². The monoisotopic (exact) mass is 488 g/mol. The lowest BCUT2D eigenvalue weighted by Gasteiger charge is -2.41. The zero-order chi connectivity index (χ0) is 26.3. The molecular weight excluding hydrogens is 453 g/mol. The molecule has 35 heavy (non-hydrogen) atoms. The molecule has 11 heteroatoms. The highest BCUT2D eigenvalue weighted by atomic mass is 16.6. The van der Waals surface area contributed by atoms with Crippen molar-refractivity contribution in [3.05, 3.63) is 29.4 Å². The fourth-order valence-corrected chi connectivity index (χ4v) is 4.84. The molecule has 0 aliphatic carbocycles. The molecule has 1 fully saturated rings. The highest BCUT2D eigenvalue weighted by molar-refractivity contribution is 6.53. The molecule has 1 aromatic carbocycles. The number of ether oxygens (including phenoxy) is 1. The van der Waals surface area contributed by atoms with Crippen LogP contribution in [0.15, 0.2) is 23.8 Å². The average Bonchev–Trinajstić information content (AvgIpc) is 3.08. The van der Waals surface area contributed by atoms with Crippen LogP contribution in [-0.2, 0) is 9.53 Å². The summed E-state index contributed by atoms with van der Waals surface area (Å²) in [4.78, 5) is 39.2. The summed E-state index contributed by atoms with van der Waals surface area (Å²) in [5.41, 5.74) is -0.216. The van der Waals surface area contributed by atoms with Gasteiger partial charge in [-0.1, -0.05) is 0 Å². The summed E-state index contributed by atoms with van der Waals surface area (Å²) in [6, 6.07) is 4.86. The Morgan fingerprint density at radius 1 is 1.09 bits per heavy atom. The molecule has 2 heterocycles. The number of piperidine rings is 1. The van der Waals surface area contributed by atoms with Crippen molar-refractivity contribution in [2.24, 2.45) is 5.92 Å². The molecule has 0 radical (unpaired) electrons. The largest absolute Gasteiger partial charge is 0.549 e. The van der Waals surface area contributed by atoms with Gasteiger partial charge in [0.2, 0.25) is 5.91 Å². The number of carbonyl (C=O) groups excluding carboxylic acids is 2. The van der Waals surface area contributed by atoms with Crippen LogP contribution in [-0.4, -0.2) is 69.5 Å². The van der Waals surface area contributed by atoms with E-state index in [4.69, 9.17) is 4.74 Å². The molecular formula is C24H35BN3O7+. The first-order chi connectivity index (χ1) is 16.1. The van der Waals surface area contributed by atoms with Gasteiger partial charge in [0.05, 0.1) is 0 Å². The van der Waals surface area contributed by atoms with Gasteiger partial charge in [0.15, 0.2) is 11.3 Å².